The molecular weight excluding hydrogens is 599 g/mol. The summed E-state index contributed by atoms with van der Waals surface area (Å²) < 4.78 is 2.38. The Kier molecular flexibility index (Phi) is 6.18. The van der Waals surface area contributed by atoms with E-state index in [4.69, 9.17) is 0 Å². The Morgan fingerprint density at radius 3 is 1.77 bits per heavy atom. The molecule has 0 aliphatic carbocycles. The maximum absolute atomic E-state index is 2.38. The molecule has 1 nitrogen and oxygen atoms in total. The molecule has 48 heavy (non-hydrogen) atoms. The lowest BCUT2D eigenvalue weighted by atomic mass is 9.91. The number of aromatic nitrogens is 1. The van der Waals surface area contributed by atoms with E-state index < -0.39 is 0 Å². The second kappa shape index (κ2) is 10.9. The van der Waals surface area contributed by atoms with Crippen LogP contribution in [0.15, 0.2) is 186 Å². The van der Waals surface area contributed by atoms with Crippen LogP contribution in [0.5, 0.6) is 0 Å². The Labute approximate surface area is 283 Å². The highest BCUT2D eigenvalue weighted by atomic mass is 32.2. The molecule has 9 aromatic rings. The average Bonchev–Trinajstić information content (AvgIpc) is 3.49. The van der Waals surface area contributed by atoms with Crippen molar-refractivity contribution >= 4 is 44.3 Å². The molecule has 8 aromatic carbocycles. The van der Waals surface area contributed by atoms with Crippen LogP contribution in [0.25, 0.3) is 82.8 Å². The summed E-state index contributed by atoms with van der Waals surface area (Å²) in [6.45, 7) is 0. The highest BCUT2D eigenvalue weighted by molar-refractivity contribution is 7.99. The predicted molar refractivity (Wildman–Crippen MR) is 204 cm³/mol. The van der Waals surface area contributed by atoms with Crippen molar-refractivity contribution in [3.8, 4) is 50.2 Å². The number of benzene rings is 8. The minimum absolute atomic E-state index is 1.18. The van der Waals surface area contributed by atoms with E-state index in [1.807, 2.05) is 11.8 Å². The summed E-state index contributed by atoms with van der Waals surface area (Å²) in [5.74, 6) is 0. The largest absolute Gasteiger partial charge is 0.309 e. The normalized spacial score (nSPS) is 12.1. The lowest BCUT2D eigenvalue weighted by molar-refractivity contribution is 1.18. The van der Waals surface area contributed by atoms with Crippen molar-refractivity contribution in [1.29, 1.82) is 0 Å². The molecule has 0 atom stereocenters. The fourth-order valence-electron chi connectivity index (χ4n) is 7.54. The summed E-state index contributed by atoms with van der Waals surface area (Å²) in [6.07, 6.45) is 0. The SMILES string of the molecule is c1ccc(-c2ccc3c4c(cccc24)-c2cc(-c4ccc(-c5ccc6c7ccccc7n(-c7ccccc7)c6c5)cc4)ccc2S3)cc1. The van der Waals surface area contributed by atoms with Crippen LogP contribution in [-0.2, 0) is 0 Å². The fourth-order valence-corrected chi connectivity index (χ4v) is 8.65. The number of hydrogen-bond acceptors (Lipinski definition) is 1. The Balaban J connectivity index is 1.04. The van der Waals surface area contributed by atoms with Gasteiger partial charge in [-0.1, -0.05) is 145 Å². The van der Waals surface area contributed by atoms with Crippen molar-refractivity contribution in [2.45, 2.75) is 9.79 Å². The molecule has 10 rings (SSSR count). The summed E-state index contributed by atoms with van der Waals surface area (Å²) in [6, 6.07) is 64.4. The van der Waals surface area contributed by atoms with Crippen LogP contribution in [0.4, 0.5) is 0 Å². The third kappa shape index (κ3) is 4.27. The first-order valence-corrected chi connectivity index (χ1v) is 17.2. The first-order chi connectivity index (χ1) is 23.8. The van der Waals surface area contributed by atoms with Gasteiger partial charge in [-0.15, -0.1) is 0 Å². The maximum atomic E-state index is 2.38. The van der Waals surface area contributed by atoms with Crippen molar-refractivity contribution in [3.63, 3.8) is 0 Å². The molecule has 0 N–H and O–H groups in total. The van der Waals surface area contributed by atoms with Crippen LogP contribution in [0.1, 0.15) is 0 Å². The van der Waals surface area contributed by atoms with Gasteiger partial charge < -0.3 is 4.57 Å². The highest BCUT2D eigenvalue weighted by Gasteiger charge is 2.21. The van der Waals surface area contributed by atoms with Gasteiger partial charge in [0.15, 0.2) is 0 Å². The minimum Gasteiger partial charge on any atom is -0.309 e. The van der Waals surface area contributed by atoms with Gasteiger partial charge in [0.05, 0.1) is 11.0 Å². The molecule has 224 valence electrons. The van der Waals surface area contributed by atoms with Gasteiger partial charge in [0, 0.05) is 31.6 Å². The van der Waals surface area contributed by atoms with Gasteiger partial charge in [-0.3, -0.25) is 0 Å². The second-order valence-electron chi connectivity index (χ2n) is 12.5. The molecule has 0 bridgehead atoms. The minimum atomic E-state index is 1.18. The zero-order valence-electron chi connectivity index (χ0n) is 26.1. The fraction of sp³-hybridized carbons (Fsp3) is 0. The van der Waals surface area contributed by atoms with Gasteiger partial charge in [0.2, 0.25) is 0 Å². The molecule has 2 heteroatoms. The van der Waals surface area contributed by atoms with Crippen molar-refractivity contribution in [3.05, 3.63) is 176 Å². The Bertz CT molecular complexity index is 2670. The second-order valence-corrected chi connectivity index (χ2v) is 13.6. The maximum Gasteiger partial charge on any atom is 0.0547 e. The number of hydrogen-bond donors (Lipinski definition) is 0. The van der Waals surface area contributed by atoms with E-state index >= 15 is 0 Å². The van der Waals surface area contributed by atoms with Gasteiger partial charge in [0.25, 0.3) is 0 Å². The molecule has 1 aromatic heterocycles. The van der Waals surface area contributed by atoms with Gasteiger partial charge in [-0.05, 0) is 92.4 Å². The smallest absolute Gasteiger partial charge is 0.0547 e. The number of rotatable bonds is 4. The van der Waals surface area contributed by atoms with E-state index in [0.717, 1.165) is 0 Å². The third-order valence-corrected chi connectivity index (χ3v) is 11.0. The van der Waals surface area contributed by atoms with Crippen LogP contribution >= 0.6 is 11.8 Å². The molecule has 0 saturated heterocycles. The van der Waals surface area contributed by atoms with E-state index in [1.54, 1.807) is 0 Å². The quantitative estimate of drug-likeness (QED) is 0.188. The average molecular weight is 628 g/mol. The molecule has 0 saturated carbocycles. The first kappa shape index (κ1) is 27.3. The van der Waals surface area contributed by atoms with Crippen molar-refractivity contribution in [2.24, 2.45) is 0 Å². The molecular formula is C46H29NS. The Hall–Kier alpha value is -5.83. The van der Waals surface area contributed by atoms with Crippen molar-refractivity contribution in [2.75, 3.05) is 0 Å². The summed E-state index contributed by atoms with van der Waals surface area (Å²) >= 11 is 1.88. The third-order valence-electron chi connectivity index (χ3n) is 9.82. The molecule has 0 unspecified atom stereocenters. The summed E-state index contributed by atoms with van der Waals surface area (Å²) in [7, 11) is 0. The molecule has 0 amide bonds. The van der Waals surface area contributed by atoms with Crippen LogP contribution in [-0.4, -0.2) is 4.57 Å². The van der Waals surface area contributed by atoms with Crippen molar-refractivity contribution in [1.82, 2.24) is 4.57 Å². The number of nitrogens with zero attached hydrogens (tertiary/aromatic N) is 1. The Morgan fingerprint density at radius 1 is 0.333 bits per heavy atom. The van der Waals surface area contributed by atoms with Crippen LogP contribution in [0.3, 0.4) is 0 Å². The predicted octanol–water partition coefficient (Wildman–Crippen LogP) is 13.1. The van der Waals surface area contributed by atoms with E-state index in [1.165, 1.54) is 92.6 Å². The lowest BCUT2D eigenvalue weighted by Gasteiger charge is -2.22. The summed E-state index contributed by atoms with van der Waals surface area (Å²) in [5.41, 5.74) is 13.7. The molecule has 0 spiro atoms. The molecule has 1 aliphatic rings. The van der Waals surface area contributed by atoms with Gasteiger partial charge >= 0.3 is 0 Å². The standard InChI is InChI=1S/C46H29NS/c1-3-10-32(11-4-1)36-25-27-45-46-39(36)15-9-16-40(46)41-28-33(23-26-44(41)48-45)30-18-20-31(21-19-30)34-22-24-38-37-14-7-8-17-42(37)47(43(38)29-34)35-12-5-2-6-13-35/h1-29H. The zero-order chi connectivity index (χ0) is 31.6. The van der Waals surface area contributed by atoms with Crippen LogP contribution in [0.2, 0.25) is 0 Å². The molecule has 2 heterocycles. The zero-order valence-corrected chi connectivity index (χ0v) is 26.9. The topological polar surface area (TPSA) is 4.93 Å². The van der Waals surface area contributed by atoms with Gasteiger partial charge in [0.1, 0.15) is 0 Å². The molecule has 1 aliphatic heterocycles. The first-order valence-electron chi connectivity index (χ1n) is 16.4. The monoisotopic (exact) mass is 627 g/mol. The summed E-state index contributed by atoms with van der Waals surface area (Å²) in [5, 5.41) is 5.22. The van der Waals surface area contributed by atoms with Crippen LogP contribution < -0.4 is 0 Å². The number of fused-ring (bicyclic) bond motifs is 5. The molecule has 0 fully saturated rings. The van der Waals surface area contributed by atoms with E-state index in [2.05, 4.69) is 180 Å². The Morgan fingerprint density at radius 2 is 0.958 bits per heavy atom. The van der Waals surface area contributed by atoms with Crippen LogP contribution in [0, 0.1) is 0 Å². The van der Waals surface area contributed by atoms with E-state index in [9.17, 15) is 0 Å². The summed E-state index contributed by atoms with van der Waals surface area (Å²) in [4.78, 5) is 2.64. The van der Waals surface area contributed by atoms with Gasteiger partial charge in [-0.2, -0.15) is 0 Å². The molecule has 0 radical (unpaired) electrons. The van der Waals surface area contributed by atoms with E-state index in [0.29, 0.717) is 0 Å². The van der Waals surface area contributed by atoms with Crippen molar-refractivity contribution < 1.29 is 0 Å². The van der Waals surface area contributed by atoms with E-state index in [-0.39, 0.29) is 0 Å². The number of para-hydroxylation sites is 2. The van der Waals surface area contributed by atoms with Gasteiger partial charge in [-0.25, -0.2) is 0 Å². The highest BCUT2D eigenvalue weighted by Crippen LogP contribution is 2.50. The lowest BCUT2D eigenvalue weighted by Crippen LogP contribution is -1.95.